The van der Waals surface area contributed by atoms with E-state index in [1.54, 1.807) is 0 Å². The van der Waals surface area contributed by atoms with Gasteiger partial charge >= 0.3 is 0 Å². The fourth-order valence-electron chi connectivity index (χ4n) is 3.42. The van der Waals surface area contributed by atoms with Crippen LogP contribution in [0.4, 0.5) is 0 Å². The van der Waals surface area contributed by atoms with Crippen molar-refractivity contribution >= 4 is 11.0 Å². The molecule has 170 valence electrons. The van der Waals surface area contributed by atoms with Crippen molar-refractivity contribution in [3.8, 4) is 34.3 Å². The highest BCUT2D eigenvalue weighted by atomic mass is 16.7. The van der Waals surface area contributed by atoms with Gasteiger partial charge < -0.3 is 49.6 Å². The summed E-state index contributed by atoms with van der Waals surface area (Å²) in [6, 6.07) is 7.97. The fourth-order valence-corrected chi connectivity index (χ4v) is 3.42. The molecule has 1 fully saturated rings. The summed E-state index contributed by atoms with van der Waals surface area (Å²) in [4.78, 5) is 12.6. The van der Waals surface area contributed by atoms with Crippen LogP contribution in [0.15, 0.2) is 45.6 Å². The lowest BCUT2D eigenvalue weighted by Gasteiger charge is -2.39. The summed E-state index contributed by atoms with van der Waals surface area (Å²) in [5.41, 5.74) is -0.386. The maximum Gasteiger partial charge on any atom is 0.229 e. The van der Waals surface area contributed by atoms with Crippen LogP contribution in [0.1, 0.15) is 0 Å². The summed E-state index contributed by atoms with van der Waals surface area (Å²) >= 11 is 0. The predicted octanol–water partition coefficient (Wildman–Crippen LogP) is -0.245. The monoisotopic (exact) mass is 448 g/mol. The van der Waals surface area contributed by atoms with E-state index in [4.69, 9.17) is 13.9 Å². The van der Waals surface area contributed by atoms with Gasteiger partial charge in [-0.25, -0.2) is 0 Å². The number of benzene rings is 2. The minimum atomic E-state index is -1.76. The molecule has 11 heteroatoms. The molecule has 1 aliphatic rings. The first-order chi connectivity index (χ1) is 15.2. The molecule has 0 aliphatic carbocycles. The number of phenols is 3. The second-order valence-electron chi connectivity index (χ2n) is 7.28. The Labute approximate surface area is 179 Å². The first-order valence-electron chi connectivity index (χ1n) is 9.50. The standard InChI is InChI=1S/C21H20O11/c22-7-14-17(26)19(28)20(29)21(32-14)31-13-6-12-15(18(27)16(13)25)10(24)5-11(30-12)8-1-3-9(23)4-2-8/h1-6,14,17,19-23,25-29H,7H2/t14-,17+,19+,20-,21-/m1/s1. The zero-order valence-electron chi connectivity index (χ0n) is 16.3. The molecule has 0 spiro atoms. The smallest absolute Gasteiger partial charge is 0.229 e. The molecule has 5 atom stereocenters. The Morgan fingerprint density at radius 1 is 0.906 bits per heavy atom. The van der Waals surface area contributed by atoms with Crippen LogP contribution in [0.5, 0.6) is 23.0 Å². The first-order valence-corrected chi connectivity index (χ1v) is 9.50. The second-order valence-corrected chi connectivity index (χ2v) is 7.28. The maximum atomic E-state index is 12.6. The summed E-state index contributed by atoms with van der Waals surface area (Å²) in [7, 11) is 0. The van der Waals surface area contributed by atoms with Gasteiger partial charge in [-0.1, -0.05) is 0 Å². The van der Waals surface area contributed by atoms with E-state index in [0.717, 1.165) is 12.1 Å². The van der Waals surface area contributed by atoms with E-state index in [-0.39, 0.29) is 22.5 Å². The van der Waals surface area contributed by atoms with Crippen LogP contribution in [0.2, 0.25) is 0 Å². The van der Waals surface area contributed by atoms with Crippen LogP contribution in [0.25, 0.3) is 22.3 Å². The molecule has 7 N–H and O–H groups in total. The predicted molar refractivity (Wildman–Crippen MR) is 107 cm³/mol. The molecule has 1 aromatic heterocycles. The number of hydrogen-bond donors (Lipinski definition) is 7. The normalized spacial score (nSPS) is 25.7. The molecule has 4 rings (SSSR count). The number of ether oxygens (including phenoxy) is 2. The molecule has 1 saturated heterocycles. The van der Waals surface area contributed by atoms with Crippen LogP contribution in [0.3, 0.4) is 0 Å². The number of rotatable bonds is 4. The van der Waals surface area contributed by atoms with Gasteiger partial charge in [-0.05, 0) is 24.3 Å². The number of fused-ring (bicyclic) bond motifs is 1. The lowest BCUT2D eigenvalue weighted by atomic mass is 9.99. The molecule has 3 aromatic rings. The Morgan fingerprint density at radius 3 is 2.25 bits per heavy atom. The Balaban J connectivity index is 1.76. The molecular formula is C21H20O11. The number of aliphatic hydroxyl groups is 4. The summed E-state index contributed by atoms with van der Waals surface area (Å²) in [6.07, 6.45) is -7.99. The fraction of sp³-hybridized carbons (Fsp3) is 0.286. The average Bonchev–Trinajstić information content (AvgIpc) is 2.77. The number of hydrogen-bond acceptors (Lipinski definition) is 11. The van der Waals surface area contributed by atoms with Crippen LogP contribution in [0, 0.1) is 0 Å². The quantitative estimate of drug-likeness (QED) is 0.261. The van der Waals surface area contributed by atoms with Gasteiger partial charge in [0.2, 0.25) is 12.0 Å². The van der Waals surface area contributed by atoms with Crippen molar-refractivity contribution in [1.82, 2.24) is 0 Å². The van der Waals surface area contributed by atoms with Crippen molar-refractivity contribution in [1.29, 1.82) is 0 Å². The molecule has 0 bridgehead atoms. The third kappa shape index (κ3) is 3.72. The average molecular weight is 448 g/mol. The van der Waals surface area contributed by atoms with E-state index < -0.39 is 60.0 Å². The largest absolute Gasteiger partial charge is 0.508 e. The van der Waals surface area contributed by atoms with Crippen molar-refractivity contribution in [2.24, 2.45) is 0 Å². The lowest BCUT2D eigenvalue weighted by molar-refractivity contribution is -0.277. The van der Waals surface area contributed by atoms with Gasteiger partial charge in [-0.3, -0.25) is 4.79 Å². The van der Waals surface area contributed by atoms with Gasteiger partial charge in [0.05, 0.1) is 6.61 Å². The molecule has 0 saturated carbocycles. The molecular weight excluding hydrogens is 428 g/mol. The zero-order chi connectivity index (χ0) is 23.2. The number of aromatic hydroxyl groups is 3. The topological polar surface area (TPSA) is 190 Å². The summed E-state index contributed by atoms with van der Waals surface area (Å²) in [5, 5.41) is 69.0. The van der Waals surface area contributed by atoms with Gasteiger partial charge in [0.1, 0.15) is 46.9 Å². The number of aliphatic hydroxyl groups excluding tert-OH is 4. The highest BCUT2D eigenvalue weighted by Crippen LogP contribution is 2.42. The van der Waals surface area contributed by atoms with Gasteiger partial charge in [-0.15, -0.1) is 0 Å². The summed E-state index contributed by atoms with van der Waals surface area (Å²) in [5.74, 6) is -2.03. The van der Waals surface area contributed by atoms with Crippen molar-refractivity contribution in [3.63, 3.8) is 0 Å². The van der Waals surface area contributed by atoms with E-state index in [1.165, 1.54) is 24.3 Å². The molecule has 32 heavy (non-hydrogen) atoms. The Hall–Kier alpha value is -3.35. The van der Waals surface area contributed by atoms with Crippen LogP contribution in [-0.4, -0.2) is 73.1 Å². The summed E-state index contributed by atoms with van der Waals surface area (Å²) < 4.78 is 16.3. The Morgan fingerprint density at radius 2 is 1.59 bits per heavy atom. The highest BCUT2D eigenvalue weighted by molar-refractivity contribution is 5.89. The van der Waals surface area contributed by atoms with E-state index in [0.29, 0.717) is 5.56 Å². The summed E-state index contributed by atoms with van der Waals surface area (Å²) in [6.45, 7) is -0.690. The van der Waals surface area contributed by atoms with Crippen LogP contribution < -0.4 is 10.2 Å². The number of phenolic OH excluding ortho intramolecular Hbond substituents is 3. The van der Waals surface area contributed by atoms with Crippen molar-refractivity contribution in [2.45, 2.75) is 30.7 Å². The molecule has 1 aliphatic heterocycles. The van der Waals surface area contributed by atoms with Crippen molar-refractivity contribution in [2.75, 3.05) is 6.61 Å². The van der Waals surface area contributed by atoms with E-state index in [2.05, 4.69) is 0 Å². The van der Waals surface area contributed by atoms with Gasteiger partial charge in [-0.2, -0.15) is 0 Å². The van der Waals surface area contributed by atoms with Gasteiger partial charge in [0, 0.05) is 17.7 Å². The molecule has 2 heterocycles. The van der Waals surface area contributed by atoms with E-state index >= 15 is 0 Å². The maximum absolute atomic E-state index is 12.6. The molecule has 2 aromatic carbocycles. The minimum absolute atomic E-state index is 0.00895. The third-order valence-corrected chi connectivity index (χ3v) is 5.17. The van der Waals surface area contributed by atoms with E-state index in [1.807, 2.05) is 0 Å². The Bertz CT molecular complexity index is 1190. The molecule has 0 unspecified atom stereocenters. The van der Waals surface area contributed by atoms with Crippen LogP contribution in [-0.2, 0) is 4.74 Å². The third-order valence-electron chi connectivity index (χ3n) is 5.17. The van der Waals surface area contributed by atoms with Crippen molar-refractivity contribution in [3.05, 3.63) is 46.6 Å². The van der Waals surface area contributed by atoms with Gasteiger partial charge in [0.15, 0.2) is 16.9 Å². The van der Waals surface area contributed by atoms with Gasteiger partial charge in [0.25, 0.3) is 0 Å². The first kappa shape index (κ1) is 21.9. The Kier molecular flexibility index (Phi) is 5.67. The SMILES string of the molecule is O=c1cc(-c2ccc(O)cc2)oc2cc(O[C@@H]3O[C@H](CO)[C@H](O)[C@H](O)[C@H]3O)c(O)c(O)c12. The van der Waals surface area contributed by atoms with Crippen molar-refractivity contribution < 1.29 is 49.6 Å². The zero-order valence-corrected chi connectivity index (χ0v) is 16.3. The van der Waals surface area contributed by atoms with Crippen LogP contribution >= 0.6 is 0 Å². The molecule has 0 amide bonds. The minimum Gasteiger partial charge on any atom is -0.508 e. The highest BCUT2D eigenvalue weighted by Gasteiger charge is 2.45. The molecule has 11 nitrogen and oxygen atoms in total. The molecule has 0 radical (unpaired) electrons. The second kappa shape index (κ2) is 8.30. The van der Waals surface area contributed by atoms with E-state index in [9.17, 15) is 40.5 Å². The lowest BCUT2D eigenvalue weighted by Crippen LogP contribution is -2.60.